The van der Waals surface area contributed by atoms with Gasteiger partial charge in [0.05, 0.1) is 0 Å². The molecule has 3 aliphatic rings. The minimum atomic E-state index is -1.89. The van der Waals surface area contributed by atoms with Crippen molar-refractivity contribution >= 4 is 35.1 Å². The first kappa shape index (κ1) is 16.8. The summed E-state index contributed by atoms with van der Waals surface area (Å²) in [6.45, 7) is 0. The van der Waals surface area contributed by atoms with Crippen LogP contribution >= 0.6 is 31.9 Å². The van der Waals surface area contributed by atoms with Crippen LogP contribution in [0.15, 0.2) is 66.9 Å². The number of hydrogen-bond donors (Lipinski definition) is 0. The number of allylic oxidation sites excluding steroid dienone is 4. The summed E-state index contributed by atoms with van der Waals surface area (Å²) in [6.07, 6.45) is 12.5. The molecule has 1 saturated carbocycles. The monoisotopic (exact) mass is 530 g/mol. The van der Waals surface area contributed by atoms with Gasteiger partial charge in [0.2, 0.25) is 0 Å². The molecular weight excluding hydrogens is 515 g/mol. The van der Waals surface area contributed by atoms with E-state index in [1.807, 2.05) is 3.21 Å². The van der Waals surface area contributed by atoms with Crippen molar-refractivity contribution in [2.45, 2.75) is 29.3 Å². The minimum absolute atomic E-state index is 0.662. The van der Waals surface area contributed by atoms with E-state index in [0.29, 0.717) is 3.63 Å². The normalized spacial score (nSPS) is 18.0. The van der Waals surface area contributed by atoms with Gasteiger partial charge in [-0.15, -0.1) is 0 Å². The van der Waals surface area contributed by atoms with Crippen LogP contribution in [0.2, 0.25) is 0 Å². The molecule has 0 saturated heterocycles. The number of benzene rings is 2. The van der Waals surface area contributed by atoms with E-state index in [1.165, 1.54) is 45.8 Å². The quantitative estimate of drug-likeness (QED) is 0.387. The molecule has 0 amide bonds. The predicted molar refractivity (Wildman–Crippen MR) is 110 cm³/mol. The summed E-state index contributed by atoms with van der Waals surface area (Å²) in [5.74, 6) is 0. The van der Waals surface area contributed by atoms with E-state index in [1.54, 1.807) is 14.4 Å². The first-order chi connectivity index (χ1) is 12.2. The van der Waals surface area contributed by atoms with Gasteiger partial charge in [0.15, 0.2) is 0 Å². The Morgan fingerprint density at radius 2 is 1.52 bits per heavy atom. The zero-order valence-electron chi connectivity index (χ0n) is 13.9. The van der Waals surface area contributed by atoms with E-state index in [0.717, 1.165) is 0 Å². The van der Waals surface area contributed by atoms with Crippen molar-refractivity contribution in [2.75, 3.05) is 0 Å². The van der Waals surface area contributed by atoms with E-state index >= 15 is 0 Å². The van der Waals surface area contributed by atoms with E-state index in [-0.39, 0.29) is 0 Å². The maximum absolute atomic E-state index is 3.69. The molecule has 1 fully saturated rings. The molecule has 2 aromatic rings. The van der Waals surface area contributed by atoms with Gasteiger partial charge < -0.3 is 0 Å². The van der Waals surface area contributed by atoms with Crippen molar-refractivity contribution < 1.29 is 21.3 Å². The molecule has 5 rings (SSSR count). The second-order valence-electron chi connectivity index (χ2n) is 7.09. The van der Waals surface area contributed by atoms with Gasteiger partial charge in [-0.05, 0) is 0 Å². The fraction of sp³-hybridized carbons (Fsp3) is 0.227. The van der Waals surface area contributed by atoms with Crippen molar-refractivity contribution in [1.29, 1.82) is 0 Å². The summed E-state index contributed by atoms with van der Waals surface area (Å²) in [6, 6.07) is 13.9. The fourth-order valence-electron chi connectivity index (χ4n) is 4.39. The van der Waals surface area contributed by atoms with Crippen LogP contribution in [0.5, 0.6) is 0 Å². The summed E-state index contributed by atoms with van der Waals surface area (Å²) in [5, 5.41) is 0. The Balaban J connectivity index is 1.76. The van der Waals surface area contributed by atoms with Gasteiger partial charge in [0.25, 0.3) is 0 Å². The molecule has 2 aromatic carbocycles. The van der Waals surface area contributed by atoms with Gasteiger partial charge in [-0.25, -0.2) is 0 Å². The molecule has 0 spiro atoms. The second-order valence-corrected chi connectivity index (χ2v) is 15.7. The van der Waals surface area contributed by atoms with Crippen LogP contribution < -0.4 is 0 Å². The summed E-state index contributed by atoms with van der Waals surface area (Å²) >= 11 is 5.49. The first-order valence-electron chi connectivity index (χ1n) is 8.89. The third-order valence-electron chi connectivity index (χ3n) is 5.69. The van der Waals surface area contributed by atoms with Crippen molar-refractivity contribution in [2.24, 2.45) is 0 Å². The molecule has 0 heterocycles. The first-order valence-corrected chi connectivity index (χ1v) is 14.4. The summed E-state index contributed by atoms with van der Waals surface area (Å²) in [4.78, 5) is 0. The van der Waals surface area contributed by atoms with Crippen LogP contribution in [0.3, 0.4) is 0 Å². The van der Waals surface area contributed by atoms with Gasteiger partial charge in [-0.1, -0.05) is 0 Å². The van der Waals surface area contributed by atoms with Gasteiger partial charge in [0, 0.05) is 0 Å². The third kappa shape index (κ3) is 2.82. The van der Waals surface area contributed by atoms with Crippen molar-refractivity contribution in [1.82, 2.24) is 0 Å². The Morgan fingerprint density at radius 3 is 2.00 bits per heavy atom. The Labute approximate surface area is 173 Å². The SMILES string of the molecule is Brc1ccc2c(c1)-c1cc(Br)ccc1[CH]2[Zr]([C]1=CC=CC1)=[C]1CCC1. The van der Waals surface area contributed by atoms with Crippen molar-refractivity contribution in [3.63, 3.8) is 0 Å². The Morgan fingerprint density at radius 1 is 0.880 bits per heavy atom. The van der Waals surface area contributed by atoms with Crippen molar-refractivity contribution in [3.05, 3.63) is 78.0 Å². The Hall–Kier alpha value is -0.367. The standard InChI is InChI=1S/C13H7Br2.C5H5.C4H6.Zr/c14-10-3-1-8-5-9-2-4-11(15)7-13(9)12(8)6-10;1-2-4-5-3-1;1-2-4-3-1;/h1-7H;1-3H,4H2;1-3H2;. The molecule has 25 heavy (non-hydrogen) atoms. The zero-order valence-corrected chi connectivity index (χ0v) is 19.5. The van der Waals surface area contributed by atoms with Crippen LogP contribution in [-0.4, -0.2) is 3.21 Å². The van der Waals surface area contributed by atoms with Gasteiger partial charge in [0.1, 0.15) is 0 Å². The molecule has 0 aliphatic heterocycles. The molecule has 0 N–H and O–H groups in total. The van der Waals surface area contributed by atoms with Crippen LogP contribution in [0.4, 0.5) is 0 Å². The number of rotatable bonds is 2. The molecular formula is C22H18Br2Zr. The van der Waals surface area contributed by atoms with E-state index in [4.69, 9.17) is 0 Å². The van der Waals surface area contributed by atoms with Crippen LogP contribution in [0.25, 0.3) is 11.1 Å². The third-order valence-corrected chi connectivity index (χ3v) is 15.3. The Bertz CT molecular complexity index is 924. The molecule has 0 radical (unpaired) electrons. The number of fused-ring (bicyclic) bond motifs is 3. The maximum atomic E-state index is 3.69. The van der Waals surface area contributed by atoms with Gasteiger partial charge in [-0.2, -0.15) is 0 Å². The average Bonchev–Trinajstić information content (AvgIpc) is 3.17. The molecule has 0 atom stereocenters. The number of halogens is 2. The number of hydrogen-bond acceptors (Lipinski definition) is 0. The van der Waals surface area contributed by atoms with Crippen LogP contribution in [0.1, 0.15) is 40.4 Å². The zero-order chi connectivity index (χ0) is 17.0. The van der Waals surface area contributed by atoms with Gasteiger partial charge >= 0.3 is 175 Å². The van der Waals surface area contributed by atoms with Crippen LogP contribution in [-0.2, 0) is 21.3 Å². The average molecular weight is 533 g/mol. The molecule has 0 bridgehead atoms. The summed E-state index contributed by atoms with van der Waals surface area (Å²) < 4.78 is 6.77. The summed E-state index contributed by atoms with van der Waals surface area (Å²) in [7, 11) is 0. The van der Waals surface area contributed by atoms with Crippen LogP contribution in [0, 0.1) is 0 Å². The second kappa shape index (κ2) is 6.66. The predicted octanol–water partition coefficient (Wildman–Crippen LogP) is 7.10. The Kier molecular flexibility index (Phi) is 4.47. The summed E-state index contributed by atoms with van der Waals surface area (Å²) in [5.41, 5.74) is 6.05. The molecule has 0 unspecified atom stereocenters. The molecule has 124 valence electrons. The topological polar surface area (TPSA) is 0 Å². The van der Waals surface area contributed by atoms with E-state index in [2.05, 4.69) is 86.5 Å². The van der Waals surface area contributed by atoms with E-state index in [9.17, 15) is 0 Å². The fourth-order valence-corrected chi connectivity index (χ4v) is 14.6. The molecule has 3 aliphatic carbocycles. The van der Waals surface area contributed by atoms with Gasteiger partial charge in [-0.3, -0.25) is 0 Å². The molecule has 3 heteroatoms. The van der Waals surface area contributed by atoms with E-state index < -0.39 is 21.3 Å². The molecule has 0 aromatic heterocycles. The van der Waals surface area contributed by atoms with Crippen molar-refractivity contribution in [3.8, 4) is 11.1 Å². The molecule has 0 nitrogen and oxygen atoms in total.